The van der Waals surface area contributed by atoms with Gasteiger partial charge in [-0.15, -0.1) is 23.5 Å². The summed E-state index contributed by atoms with van der Waals surface area (Å²) in [7, 11) is 8.00. The van der Waals surface area contributed by atoms with Crippen molar-refractivity contribution in [3.63, 3.8) is 0 Å². The standard InChI is InChI=1S/C33H28N10.2Pd/c1-35-9-13-39(21-35)25-5-7-28-29-8-6-26(40-14-10-36(2)22-40)18-31(29)43(30(28)17-25)27-19-32(41-15-11-37(3)23-41)34-33(20-27)42-16-12-38(4)24-42;;/h5-16,21-24H,1-4H3;;/q-8;;. The van der Waals surface area contributed by atoms with Gasteiger partial charge >= 0.3 is 0 Å². The van der Waals surface area contributed by atoms with Gasteiger partial charge in [0.05, 0.1) is 0 Å². The van der Waals surface area contributed by atoms with E-state index in [0.29, 0.717) is 17.3 Å². The molecule has 0 unspecified atom stereocenters. The molecule has 2 aromatic carbocycles. The van der Waals surface area contributed by atoms with Crippen LogP contribution in [0.1, 0.15) is 0 Å². The minimum absolute atomic E-state index is 0. The van der Waals surface area contributed by atoms with Crippen molar-refractivity contribution >= 4 is 44.8 Å². The summed E-state index contributed by atoms with van der Waals surface area (Å²) in [5.41, 5.74) is 4.38. The Morgan fingerprint density at radius 3 is 1.22 bits per heavy atom. The van der Waals surface area contributed by atoms with Crippen LogP contribution in [0, 0.1) is 50.9 Å². The van der Waals surface area contributed by atoms with E-state index in [4.69, 9.17) is 4.98 Å². The van der Waals surface area contributed by atoms with Gasteiger partial charge in [-0.05, 0) is 77.8 Å². The molecule has 4 aliphatic rings. The third-order valence-electron chi connectivity index (χ3n) is 7.57. The van der Waals surface area contributed by atoms with Crippen molar-refractivity contribution < 1.29 is 40.8 Å². The van der Waals surface area contributed by atoms with E-state index in [1.807, 2.05) is 134 Å². The van der Waals surface area contributed by atoms with Crippen LogP contribution in [0.15, 0.2) is 73.9 Å². The molecule has 0 aliphatic carbocycles. The predicted octanol–water partition coefficient (Wildman–Crippen LogP) is 4.74. The maximum Gasteiger partial charge on any atom is 0 e. The first-order valence-corrected chi connectivity index (χ1v) is 13.8. The molecule has 0 radical (unpaired) electrons. The maximum atomic E-state index is 4.95. The molecule has 8 rings (SSSR count). The van der Waals surface area contributed by atoms with Gasteiger partial charge in [0.25, 0.3) is 0 Å². The molecule has 0 bridgehead atoms. The number of benzene rings is 2. The quantitative estimate of drug-likeness (QED) is 0.212. The second kappa shape index (κ2) is 12.1. The Morgan fingerprint density at radius 2 is 0.867 bits per heavy atom. The summed E-state index contributed by atoms with van der Waals surface area (Å²) < 4.78 is 2.15. The van der Waals surface area contributed by atoms with Gasteiger partial charge in [0.15, 0.2) is 0 Å². The fourth-order valence-electron chi connectivity index (χ4n) is 5.46. The zero-order chi connectivity index (χ0) is 29.2. The number of aromatic nitrogens is 2. The van der Waals surface area contributed by atoms with Crippen molar-refractivity contribution in [3.8, 4) is 5.69 Å². The minimum atomic E-state index is 0. The Bertz CT molecular complexity index is 1740. The summed E-state index contributed by atoms with van der Waals surface area (Å²) in [5.74, 6) is 1.30. The van der Waals surface area contributed by atoms with Crippen LogP contribution in [0.4, 0.5) is 23.0 Å². The third kappa shape index (κ3) is 5.58. The van der Waals surface area contributed by atoms with Crippen molar-refractivity contribution in [1.29, 1.82) is 0 Å². The van der Waals surface area contributed by atoms with Gasteiger partial charge in [-0.2, -0.15) is 61.7 Å². The SMILES string of the molecule is CN1C=CN(c2[c-]c3c(cc2)c2ccc(N4C=CN(C)[CH-]4)[c-]c2n3-c2[c-]c(N3C=CN(C)[CH-]3)nc(N3C=CN(C)[CH-]3)[c-]2)[CH-]1.[Pd].[Pd]. The summed E-state index contributed by atoms with van der Waals surface area (Å²) in [5, 5.41) is 2.13. The number of anilines is 4. The number of fused-ring (bicyclic) bond motifs is 3. The second-order valence-corrected chi connectivity index (χ2v) is 10.9. The van der Waals surface area contributed by atoms with Crippen LogP contribution in [0.2, 0.25) is 0 Å². The number of rotatable bonds is 5. The van der Waals surface area contributed by atoms with Crippen LogP contribution in [-0.4, -0.2) is 57.3 Å². The van der Waals surface area contributed by atoms with Crippen LogP contribution in [0.25, 0.3) is 27.5 Å². The van der Waals surface area contributed by atoms with E-state index < -0.39 is 0 Å². The molecule has 2 aromatic heterocycles. The predicted molar refractivity (Wildman–Crippen MR) is 169 cm³/mol. The van der Waals surface area contributed by atoms with E-state index >= 15 is 0 Å². The Morgan fingerprint density at radius 1 is 0.489 bits per heavy atom. The molecular formula is C33H28N10Pd2-8. The van der Waals surface area contributed by atoms with E-state index in [9.17, 15) is 0 Å². The van der Waals surface area contributed by atoms with Gasteiger partial charge in [-0.1, -0.05) is 22.7 Å². The fourth-order valence-corrected chi connectivity index (χ4v) is 5.46. The first-order chi connectivity index (χ1) is 20.9. The largest absolute Gasteiger partial charge is 0.510 e. The molecule has 0 amide bonds. The Labute approximate surface area is 291 Å². The summed E-state index contributed by atoms with van der Waals surface area (Å²) in [6.07, 6.45) is 16.0. The monoisotopic (exact) mass is 776 g/mol. The molecule has 4 aliphatic heterocycles. The maximum absolute atomic E-state index is 4.95. The molecule has 0 saturated carbocycles. The molecule has 12 heteroatoms. The van der Waals surface area contributed by atoms with Crippen LogP contribution in [0.3, 0.4) is 0 Å². The second-order valence-electron chi connectivity index (χ2n) is 10.9. The van der Waals surface area contributed by atoms with Gasteiger partial charge in [-0.25, -0.2) is 0 Å². The summed E-state index contributed by atoms with van der Waals surface area (Å²) >= 11 is 0. The van der Waals surface area contributed by atoms with Crippen LogP contribution in [-0.2, 0) is 40.8 Å². The molecule has 0 atom stereocenters. The van der Waals surface area contributed by atoms with Gasteiger partial charge in [0, 0.05) is 40.8 Å². The summed E-state index contributed by atoms with van der Waals surface area (Å²) in [6, 6.07) is 23.1. The van der Waals surface area contributed by atoms with E-state index in [2.05, 4.69) is 62.9 Å². The zero-order valence-corrected chi connectivity index (χ0v) is 28.0. The molecule has 0 N–H and O–H groups in total. The van der Waals surface area contributed by atoms with Gasteiger partial charge < -0.3 is 61.6 Å². The summed E-state index contributed by atoms with van der Waals surface area (Å²) in [6.45, 7) is 8.00. The number of hydrogen-bond acceptors (Lipinski definition) is 9. The van der Waals surface area contributed by atoms with Crippen LogP contribution in [0.5, 0.6) is 0 Å². The Balaban J connectivity index is 0.00000179. The molecule has 0 spiro atoms. The number of hydrogen-bond donors (Lipinski definition) is 0. The normalized spacial score (nSPS) is 17.2. The zero-order valence-electron chi connectivity index (χ0n) is 24.8. The smallest absolute Gasteiger partial charge is 0 e. The van der Waals surface area contributed by atoms with Gasteiger partial charge in [-0.3, -0.25) is 4.98 Å². The van der Waals surface area contributed by atoms with E-state index in [0.717, 1.165) is 33.2 Å². The number of nitrogens with zero attached hydrogens (tertiary/aromatic N) is 10. The van der Waals surface area contributed by atoms with Crippen molar-refractivity contribution in [3.05, 3.63) is 125 Å². The average Bonchev–Trinajstić information content (AvgIpc) is 3.84. The Hall–Kier alpha value is -3.93. The van der Waals surface area contributed by atoms with E-state index in [-0.39, 0.29) is 40.8 Å². The minimum Gasteiger partial charge on any atom is -0.510 e. The molecule has 238 valence electrons. The molecule has 10 nitrogen and oxygen atoms in total. The van der Waals surface area contributed by atoms with Crippen molar-refractivity contribution in [1.82, 2.24) is 29.2 Å². The third-order valence-corrected chi connectivity index (χ3v) is 7.57. The van der Waals surface area contributed by atoms with Gasteiger partial charge in [0.2, 0.25) is 0 Å². The fraction of sp³-hybridized carbons (Fsp3) is 0.121. The topological polar surface area (TPSA) is 43.7 Å². The van der Waals surface area contributed by atoms with Gasteiger partial charge in [0.1, 0.15) is 0 Å². The number of pyridine rings is 1. The molecule has 0 fully saturated rings. The van der Waals surface area contributed by atoms with Crippen LogP contribution >= 0.6 is 0 Å². The summed E-state index contributed by atoms with van der Waals surface area (Å²) in [4.78, 5) is 21.0. The van der Waals surface area contributed by atoms with Crippen molar-refractivity contribution in [2.75, 3.05) is 47.8 Å². The Kier molecular flexibility index (Phi) is 8.36. The first-order valence-electron chi connectivity index (χ1n) is 13.8. The average molecular weight is 777 g/mol. The first kappa shape index (κ1) is 31.1. The molecule has 0 saturated heterocycles. The van der Waals surface area contributed by atoms with E-state index in [1.54, 1.807) is 0 Å². The van der Waals surface area contributed by atoms with Crippen LogP contribution < -0.4 is 19.6 Å². The molecule has 45 heavy (non-hydrogen) atoms. The van der Waals surface area contributed by atoms with Crippen molar-refractivity contribution in [2.45, 2.75) is 0 Å². The molecule has 4 aromatic rings. The molecule has 6 heterocycles. The van der Waals surface area contributed by atoms with E-state index in [1.165, 1.54) is 0 Å². The van der Waals surface area contributed by atoms with Crippen molar-refractivity contribution in [2.24, 2.45) is 0 Å². The molecular weight excluding hydrogens is 749 g/mol.